The number of carbonyl (C=O) groups is 2. The lowest BCUT2D eigenvalue weighted by Gasteiger charge is -2.30. The van der Waals surface area contributed by atoms with Crippen molar-refractivity contribution in [2.75, 3.05) is 31.1 Å². The summed E-state index contributed by atoms with van der Waals surface area (Å²) in [5.41, 5.74) is 0.409. The molecule has 24 heavy (non-hydrogen) atoms. The predicted molar refractivity (Wildman–Crippen MR) is 79.8 cm³/mol. The van der Waals surface area contributed by atoms with E-state index in [0.717, 1.165) is 6.08 Å². The molecule has 0 amide bonds. The number of carbonyl (C=O) groups excluding carboxylic acids is 1. The topological polar surface area (TPSA) is 91.2 Å². The van der Waals surface area contributed by atoms with Crippen LogP contribution in [0.3, 0.4) is 0 Å². The van der Waals surface area contributed by atoms with Gasteiger partial charge in [-0.3, -0.25) is 9.79 Å². The van der Waals surface area contributed by atoms with Crippen molar-refractivity contribution in [1.82, 2.24) is 5.32 Å². The highest BCUT2D eigenvalue weighted by molar-refractivity contribution is 6.18. The van der Waals surface area contributed by atoms with Crippen LogP contribution in [-0.2, 0) is 9.59 Å². The van der Waals surface area contributed by atoms with Gasteiger partial charge in [-0.1, -0.05) is 0 Å². The Balaban J connectivity index is 2.12. The van der Waals surface area contributed by atoms with Crippen molar-refractivity contribution in [2.45, 2.75) is 12.7 Å². The summed E-state index contributed by atoms with van der Waals surface area (Å²) in [6.45, 7) is -0.463. The van der Waals surface area contributed by atoms with Crippen molar-refractivity contribution >= 4 is 23.5 Å². The molecule has 1 aromatic carbocycles. The number of hydrogen-bond acceptors (Lipinski definition) is 6. The smallest absolute Gasteiger partial charge is 0.387 e. The first-order chi connectivity index (χ1) is 11.5. The van der Waals surface area contributed by atoms with E-state index < -0.39 is 24.4 Å². The monoisotopic (exact) mass is 339 g/mol. The van der Waals surface area contributed by atoms with Crippen LogP contribution in [0.2, 0.25) is 0 Å². The first-order valence-corrected chi connectivity index (χ1v) is 7.36. The maximum Gasteiger partial charge on any atom is 0.387 e. The normalized spacial score (nSPS) is 20.2. The second-order valence-electron chi connectivity index (χ2n) is 5.41. The number of halogens is 2. The van der Waals surface area contributed by atoms with Gasteiger partial charge in [0, 0.05) is 31.4 Å². The standard InChI is InChI=1S/C15H15F2N3O4/c16-15(17)24-12-6-8-5-11(21)13(14(22)23)19-9(8)7-10(12)20-3-1-18-2-4-20/h5-7,13,15,18H,1-4H2,(H,22,23). The summed E-state index contributed by atoms with van der Waals surface area (Å²) < 4.78 is 30.0. The molecule has 0 saturated carbocycles. The van der Waals surface area contributed by atoms with Crippen LogP contribution >= 0.6 is 0 Å². The van der Waals surface area contributed by atoms with Gasteiger partial charge >= 0.3 is 12.6 Å². The molecule has 1 fully saturated rings. The van der Waals surface area contributed by atoms with Crippen molar-refractivity contribution in [3.8, 4) is 5.75 Å². The highest BCUT2D eigenvalue weighted by atomic mass is 19.3. The van der Waals surface area contributed by atoms with Crippen molar-refractivity contribution < 1.29 is 28.2 Å². The van der Waals surface area contributed by atoms with Crippen LogP contribution in [0.15, 0.2) is 17.1 Å². The quantitative estimate of drug-likeness (QED) is 0.694. The van der Waals surface area contributed by atoms with E-state index in [4.69, 9.17) is 5.11 Å². The Labute approximate surface area is 135 Å². The largest absolute Gasteiger partial charge is 0.479 e. The van der Waals surface area contributed by atoms with E-state index >= 15 is 0 Å². The van der Waals surface area contributed by atoms with Crippen molar-refractivity contribution in [3.05, 3.63) is 22.7 Å². The number of carboxylic acids is 1. The maximum absolute atomic E-state index is 12.7. The Kier molecular flexibility index (Phi) is 4.43. The fourth-order valence-corrected chi connectivity index (χ4v) is 2.76. The molecule has 7 nitrogen and oxygen atoms in total. The molecule has 3 rings (SSSR count). The summed E-state index contributed by atoms with van der Waals surface area (Å²) in [7, 11) is 0. The number of benzene rings is 1. The number of alkyl halides is 2. The van der Waals surface area contributed by atoms with Gasteiger partial charge in [-0.05, 0) is 18.2 Å². The minimum absolute atomic E-state index is 0.0568. The number of ketones is 1. The number of ether oxygens (including phenoxy) is 1. The van der Waals surface area contributed by atoms with Crippen molar-refractivity contribution in [3.63, 3.8) is 0 Å². The third kappa shape index (κ3) is 3.21. The molecule has 1 aromatic rings. The van der Waals surface area contributed by atoms with E-state index in [1.807, 2.05) is 4.90 Å². The van der Waals surface area contributed by atoms with Crippen LogP contribution in [0.5, 0.6) is 5.75 Å². The molecule has 0 radical (unpaired) electrons. The molecule has 128 valence electrons. The van der Waals surface area contributed by atoms with Gasteiger partial charge in [-0.2, -0.15) is 8.78 Å². The molecule has 0 bridgehead atoms. The van der Waals surface area contributed by atoms with Gasteiger partial charge in [0.2, 0.25) is 6.04 Å². The molecule has 2 aliphatic rings. The molecule has 0 aliphatic carbocycles. The molecule has 9 heteroatoms. The predicted octanol–water partition coefficient (Wildman–Crippen LogP) is -0.866. The van der Waals surface area contributed by atoms with Gasteiger partial charge in [-0.15, -0.1) is 0 Å². The second-order valence-corrected chi connectivity index (χ2v) is 5.41. The van der Waals surface area contributed by atoms with Crippen LogP contribution in [0, 0.1) is 0 Å². The summed E-state index contributed by atoms with van der Waals surface area (Å²) in [6.07, 6.45) is 1.10. The van der Waals surface area contributed by atoms with Gasteiger partial charge in [0.1, 0.15) is 5.75 Å². The van der Waals surface area contributed by atoms with E-state index in [1.165, 1.54) is 12.1 Å². The van der Waals surface area contributed by atoms with Crippen LogP contribution in [0.25, 0.3) is 6.08 Å². The molecule has 1 unspecified atom stereocenters. The van der Waals surface area contributed by atoms with Gasteiger partial charge < -0.3 is 20.1 Å². The van der Waals surface area contributed by atoms with E-state index in [-0.39, 0.29) is 16.3 Å². The molecular weight excluding hydrogens is 324 g/mol. The average Bonchev–Trinajstić information content (AvgIpc) is 2.53. The third-order valence-corrected chi connectivity index (χ3v) is 3.85. The Morgan fingerprint density at radius 1 is 1.38 bits per heavy atom. The molecule has 0 spiro atoms. The van der Waals surface area contributed by atoms with Crippen LogP contribution in [0.4, 0.5) is 14.5 Å². The minimum Gasteiger partial charge on any atom is -0.479 e. The van der Waals surface area contributed by atoms with E-state index in [1.54, 1.807) is 0 Å². The van der Waals surface area contributed by atoms with E-state index in [0.29, 0.717) is 31.9 Å². The number of hydrogen-bond donors (Lipinski definition) is 2. The molecule has 2 heterocycles. The fraction of sp³-hybridized carbons (Fsp3) is 0.400. The summed E-state index contributed by atoms with van der Waals surface area (Å²) >= 11 is 0. The number of nitrogens with zero attached hydrogens (tertiary/aromatic N) is 2. The lowest BCUT2D eigenvalue weighted by atomic mass is 10.1. The number of Topliss-reactive ketones (excluding diaryl/α,β-unsaturated/α-hetero) is 1. The number of anilines is 1. The number of nitrogens with one attached hydrogen (secondary N) is 1. The second kappa shape index (κ2) is 6.52. The van der Waals surface area contributed by atoms with Crippen LogP contribution in [0.1, 0.15) is 0 Å². The Morgan fingerprint density at radius 3 is 2.71 bits per heavy atom. The van der Waals surface area contributed by atoms with Gasteiger partial charge in [0.25, 0.3) is 0 Å². The molecule has 2 N–H and O–H groups in total. The maximum atomic E-state index is 12.7. The van der Waals surface area contributed by atoms with Crippen LogP contribution in [-0.4, -0.2) is 55.7 Å². The highest BCUT2D eigenvalue weighted by Crippen LogP contribution is 2.27. The zero-order valence-electron chi connectivity index (χ0n) is 12.5. The number of rotatable bonds is 4. The summed E-state index contributed by atoms with van der Waals surface area (Å²) in [5.74, 6) is -2.11. The van der Waals surface area contributed by atoms with Gasteiger partial charge in [0.05, 0.1) is 11.0 Å². The summed E-state index contributed by atoms with van der Waals surface area (Å²) in [6, 6.07) is 1.30. The minimum atomic E-state index is -3.01. The molecule has 1 saturated heterocycles. The lowest BCUT2D eigenvalue weighted by molar-refractivity contribution is -0.140. The Hall–Kier alpha value is -2.55. The van der Waals surface area contributed by atoms with Gasteiger partial charge in [0.15, 0.2) is 5.78 Å². The number of carboxylic acid groups (broad SMARTS) is 1. The van der Waals surface area contributed by atoms with Crippen LogP contribution < -0.4 is 25.5 Å². The number of aliphatic carboxylic acids is 1. The van der Waals surface area contributed by atoms with E-state index in [9.17, 15) is 18.4 Å². The molecule has 0 aromatic heterocycles. The highest BCUT2D eigenvalue weighted by Gasteiger charge is 2.27. The zero-order chi connectivity index (χ0) is 17.3. The van der Waals surface area contributed by atoms with Crippen molar-refractivity contribution in [1.29, 1.82) is 0 Å². The summed E-state index contributed by atoms with van der Waals surface area (Å²) in [5, 5.41) is 12.7. The Morgan fingerprint density at radius 2 is 2.08 bits per heavy atom. The molecule has 2 aliphatic heterocycles. The van der Waals surface area contributed by atoms with E-state index in [2.05, 4.69) is 15.0 Å². The lowest BCUT2D eigenvalue weighted by Crippen LogP contribution is -2.45. The number of piperazine rings is 1. The zero-order valence-corrected chi connectivity index (χ0v) is 12.5. The Bertz CT molecular complexity index is 791. The first kappa shape index (κ1) is 16.3. The SMILES string of the molecule is O=C(O)C1N=c2cc(N3CCNCC3)c(OC(F)F)cc2=CC1=O. The summed E-state index contributed by atoms with van der Waals surface area (Å²) in [4.78, 5) is 28.7. The third-order valence-electron chi connectivity index (χ3n) is 3.85. The molecule has 1 atom stereocenters. The van der Waals surface area contributed by atoms with Crippen molar-refractivity contribution in [2.24, 2.45) is 4.99 Å². The fourth-order valence-electron chi connectivity index (χ4n) is 2.76. The molecular formula is C15H15F2N3O4. The average molecular weight is 339 g/mol. The first-order valence-electron chi connectivity index (χ1n) is 7.36. The van der Waals surface area contributed by atoms with Gasteiger partial charge in [-0.25, -0.2) is 4.79 Å². The number of fused-ring (bicyclic) bond motifs is 1.